The number of benzene rings is 1. The highest BCUT2D eigenvalue weighted by atomic mass is 32.1. The maximum absolute atomic E-state index is 10.8. The van der Waals surface area contributed by atoms with E-state index in [1.165, 1.54) is 11.3 Å². The molecule has 1 aromatic carbocycles. The van der Waals surface area contributed by atoms with E-state index >= 15 is 0 Å². The maximum Gasteiger partial charge on any atom is 0.326 e. The van der Waals surface area contributed by atoms with Gasteiger partial charge in [0.15, 0.2) is 0 Å². The summed E-state index contributed by atoms with van der Waals surface area (Å²) in [5, 5.41) is 10.6. The van der Waals surface area contributed by atoms with Gasteiger partial charge in [-0.25, -0.2) is 4.98 Å². The minimum absolute atomic E-state index is 0.131. The molecule has 0 N–H and O–H groups in total. The van der Waals surface area contributed by atoms with Gasteiger partial charge in [-0.1, -0.05) is 41.7 Å². The Labute approximate surface area is 74.1 Å². The Balaban J connectivity index is 2.45. The van der Waals surface area contributed by atoms with Crippen molar-refractivity contribution in [3.05, 3.63) is 36.5 Å². The summed E-state index contributed by atoms with van der Waals surface area (Å²) in [4.78, 5) is 4.59. The summed E-state index contributed by atoms with van der Waals surface area (Å²) < 4.78 is 0. The van der Waals surface area contributed by atoms with E-state index in [0.29, 0.717) is 0 Å². The van der Waals surface area contributed by atoms with E-state index in [4.69, 9.17) is 0 Å². The molecule has 1 radical (unpaired) electrons. The average Bonchev–Trinajstić information content (AvgIpc) is 2.54. The smallest absolute Gasteiger partial charge is 0.255 e. The molecule has 1 heterocycles. The molecule has 0 saturated heterocycles. The summed E-state index contributed by atoms with van der Waals surface area (Å²) in [6.07, 6.45) is 1.61. The van der Waals surface area contributed by atoms with Gasteiger partial charge in [-0.15, -0.1) is 0 Å². The molecule has 0 bridgehead atoms. The molecular weight excluding hydrogens is 170 g/mol. The first-order valence-corrected chi connectivity index (χ1v) is 4.36. The van der Waals surface area contributed by atoms with Gasteiger partial charge in [0.1, 0.15) is 0 Å². The van der Waals surface area contributed by atoms with Crippen molar-refractivity contribution in [2.45, 2.75) is 0 Å². The van der Waals surface area contributed by atoms with Crippen LogP contribution in [-0.2, 0) is 5.11 Å². The Hall–Kier alpha value is -1.35. The molecule has 0 aliphatic heterocycles. The third-order valence-electron chi connectivity index (χ3n) is 1.54. The molecule has 0 spiro atoms. The van der Waals surface area contributed by atoms with Crippen molar-refractivity contribution >= 4 is 11.3 Å². The van der Waals surface area contributed by atoms with Crippen LogP contribution in [0.3, 0.4) is 0 Å². The van der Waals surface area contributed by atoms with Gasteiger partial charge in [0.2, 0.25) is 0 Å². The second-order valence-corrected chi connectivity index (χ2v) is 3.35. The van der Waals surface area contributed by atoms with Gasteiger partial charge >= 0.3 is 5.19 Å². The van der Waals surface area contributed by atoms with Gasteiger partial charge in [-0.2, -0.15) is 0 Å². The van der Waals surface area contributed by atoms with E-state index in [0.717, 1.165) is 10.4 Å². The molecule has 0 amide bonds. The van der Waals surface area contributed by atoms with E-state index in [9.17, 15) is 5.11 Å². The van der Waals surface area contributed by atoms with Crippen LogP contribution in [0.2, 0.25) is 0 Å². The molecule has 2 rings (SSSR count). The Bertz CT molecular complexity index is 369. The number of aromatic nitrogens is 1. The topological polar surface area (TPSA) is 32.8 Å². The second kappa shape index (κ2) is 2.95. The monoisotopic (exact) mass is 176 g/mol. The van der Waals surface area contributed by atoms with Crippen molar-refractivity contribution in [2.24, 2.45) is 0 Å². The lowest BCUT2D eigenvalue weighted by Crippen LogP contribution is -1.67. The van der Waals surface area contributed by atoms with Crippen LogP contribution < -0.4 is 0 Å². The Morgan fingerprint density at radius 1 is 1.17 bits per heavy atom. The van der Waals surface area contributed by atoms with Crippen LogP contribution in [0.4, 0.5) is 0 Å². The molecule has 0 fully saturated rings. The zero-order valence-corrected chi connectivity index (χ0v) is 7.04. The molecule has 0 unspecified atom stereocenters. The van der Waals surface area contributed by atoms with Crippen LogP contribution in [-0.4, -0.2) is 4.98 Å². The number of nitrogens with zero attached hydrogens (tertiary/aromatic N) is 1. The lowest BCUT2D eigenvalue weighted by atomic mass is 10.2. The third kappa shape index (κ3) is 1.31. The Kier molecular flexibility index (Phi) is 1.80. The molecule has 0 aliphatic rings. The Morgan fingerprint density at radius 2 is 1.92 bits per heavy atom. The van der Waals surface area contributed by atoms with Crippen LogP contribution in [0.15, 0.2) is 36.5 Å². The summed E-state index contributed by atoms with van der Waals surface area (Å²) >= 11 is 1.17. The van der Waals surface area contributed by atoms with Crippen LogP contribution in [0, 0.1) is 0 Å². The van der Waals surface area contributed by atoms with Crippen molar-refractivity contribution < 1.29 is 5.11 Å². The first kappa shape index (κ1) is 7.31. The molecule has 1 aromatic heterocycles. The Morgan fingerprint density at radius 3 is 2.50 bits per heavy atom. The summed E-state index contributed by atoms with van der Waals surface area (Å²) in [5.74, 6) is 0. The van der Waals surface area contributed by atoms with Crippen LogP contribution >= 0.6 is 11.3 Å². The van der Waals surface area contributed by atoms with Crippen LogP contribution in [0.1, 0.15) is 0 Å². The van der Waals surface area contributed by atoms with Crippen LogP contribution in [0.25, 0.3) is 10.4 Å². The number of hydrogen-bond acceptors (Lipinski definition) is 2. The lowest BCUT2D eigenvalue weighted by molar-refractivity contribution is 0.352. The molecule has 2 nitrogen and oxygen atoms in total. The lowest BCUT2D eigenvalue weighted by Gasteiger charge is -1.91. The fraction of sp³-hybridized carbons (Fsp3) is 0. The second-order valence-electron chi connectivity index (χ2n) is 2.36. The van der Waals surface area contributed by atoms with E-state index in [1.807, 2.05) is 30.3 Å². The molecule has 0 saturated carbocycles. The number of thiazole rings is 1. The highest BCUT2D eigenvalue weighted by Crippen LogP contribution is 2.29. The van der Waals surface area contributed by atoms with Crippen molar-refractivity contribution in [1.82, 2.24) is 4.98 Å². The zero-order chi connectivity index (χ0) is 8.39. The molecule has 0 atom stereocenters. The minimum Gasteiger partial charge on any atom is -0.255 e. The minimum atomic E-state index is -0.131. The molecule has 59 valence electrons. The first-order valence-electron chi connectivity index (χ1n) is 3.54. The van der Waals surface area contributed by atoms with Crippen molar-refractivity contribution in [1.29, 1.82) is 0 Å². The summed E-state index contributed by atoms with van der Waals surface area (Å²) in [7, 11) is 0. The first-order chi connectivity index (χ1) is 5.86. The third-order valence-corrected chi connectivity index (χ3v) is 2.38. The van der Waals surface area contributed by atoms with Gasteiger partial charge in [0.25, 0.3) is 0 Å². The van der Waals surface area contributed by atoms with Crippen LogP contribution in [0.5, 0.6) is 5.19 Å². The quantitative estimate of drug-likeness (QED) is 0.657. The highest BCUT2D eigenvalue weighted by Gasteiger charge is 2.02. The maximum atomic E-state index is 10.8. The highest BCUT2D eigenvalue weighted by molar-refractivity contribution is 7.16. The van der Waals surface area contributed by atoms with Crippen molar-refractivity contribution in [3.63, 3.8) is 0 Å². The predicted molar refractivity (Wildman–Crippen MR) is 47.7 cm³/mol. The van der Waals surface area contributed by atoms with E-state index in [2.05, 4.69) is 4.98 Å². The largest absolute Gasteiger partial charge is 0.326 e. The fourth-order valence-corrected chi connectivity index (χ4v) is 1.65. The number of hydrogen-bond donors (Lipinski definition) is 0. The summed E-state index contributed by atoms with van der Waals surface area (Å²) in [5.41, 5.74) is 1.05. The molecule has 3 heteroatoms. The van der Waals surface area contributed by atoms with E-state index in [1.54, 1.807) is 6.20 Å². The normalized spacial score (nSPS) is 10.0. The van der Waals surface area contributed by atoms with E-state index in [-0.39, 0.29) is 5.19 Å². The molecule has 12 heavy (non-hydrogen) atoms. The van der Waals surface area contributed by atoms with Gasteiger partial charge in [0, 0.05) is 6.20 Å². The number of rotatable bonds is 1. The van der Waals surface area contributed by atoms with Gasteiger partial charge in [-0.3, -0.25) is 5.11 Å². The SMILES string of the molecule is [O]c1ncc(-c2ccccc2)s1. The zero-order valence-electron chi connectivity index (χ0n) is 6.23. The molecule has 0 aliphatic carbocycles. The standard InChI is InChI=1S/C9H6NOS/c11-9-10-6-8(12-9)7-4-2-1-3-5-7/h1-6H. The van der Waals surface area contributed by atoms with Gasteiger partial charge in [0.05, 0.1) is 4.88 Å². The summed E-state index contributed by atoms with van der Waals surface area (Å²) in [6, 6.07) is 9.77. The van der Waals surface area contributed by atoms with Crippen molar-refractivity contribution in [2.75, 3.05) is 0 Å². The fourth-order valence-electron chi connectivity index (χ4n) is 0.994. The predicted octanol–water partition coefficient (Wildman–Crippen LogP) is 2.95. The van der Waals surface area contributed by atoms with E-state index < -0.39 is 0 Å². The molecular formula is C9H6NOS. The van der Waals surface area contributed by atoms with Gasteiger partial charge in [-0.05, 0) is 5.56 Å². The summed E-state index contributed by atoms with van der Waals surface area (Å²) in [6.45, 7) is 0. The van der Waals surface area contributed by atoms with Gasteiger partial charge < -0.3 is 0 Å². The average molecular weight is 176 g/mol. The van der Waals surface area contributed by atoms with Crippen molar-refractivity contribution in [3.8, 4) is 15.6 Å². The molecule has 2 aromatic rings.